The molecule has 5 nitrogen and oxygen atoms in total. The minimum Gasteiger partial charge on any atom is -0.200 e. The molecular weight excluding hydrogens is 379 g/mol. The maximum atomic E-state index is 13.3. The van der Waals surface area contributed by atoms with Crippen molar-refractivity contribution in [1.82, 2.24) is 9.89 Å². The van der Waals surface area contributed by atoms with Crippen molar-refractivity contribution in [2.24, 2.45) is 0 Å². The minimum atomic E-state index is -4.72. The van der Waals surface area contributed by atoms with Gasteiger partial charge >= 0.3 is 6.18 Å². The molecule has 0 atom stereocenters. The first-order valence-corrected chi connectivity index (χ1v) is 9.39. The van der Waals surface area contributed by atoms with Gasteiger partial charge in [-0.1, -0.05) is 48.0 Å². The topological polar surface area (TPSA) is 64.0 Å². The van der Waals surface area contributed by atoms with Crippen LogP contribution in [0.4, 0.5) is 13.2 Å². The molecule has 0 aliphatic carbocycles. The number of nitrogens with one attached hydrogen (secondary N) is 1. The Morgan fingerprint density at radius 1 is 0.963 bits per heavy atom. The molecule has 0 aliphatic rings. The van der Waals surface area contributed by atoms with Gasteiger partial charge in [0, 0.05) is 11.1 Å². The molecule has 0 unspecified atom stereocenters. The zero-order valence-corrected chi connectivity index (χ0v) is 15.3. The average molecular weight is 395 g/mol. The van der Waals surface area contributed by atoms with Crippen LogP contribution in [0.3, 0.4) is 0 Å². The maximum absolute atomic E-state index is 13.3. The summed E-state index contributed by atoms with van der Waals surface area (Å²) in [6.45, 7) is 3.10. The lowest BCUT2D eigenvalue weighted by Crippen LogP contribution is -2.25. The highest BCUT2D eigenvalue weighted by Crippen LogP contribution is 2.35. The van der Waals surface area contributed by atoms with E-state index in [1.54, 1.807) is 30.3 Å². The Hall–Kier alpha value is -2.81. The standard InChI is InChI=1S/C18H16F3N3O2S/c1-12-8-10-14(11-9-12)16-13(2)17(18(19,20)21)22-24(16)23-27(25,26)15-6-4-3-5-7-15/h3-11,23H,1-2H3. The first kappa shape index (κ1) is 19.0. The summed E-state index contributed by atoms with van der Waals surface area (Å²) in [7, 11) is -4.12. The Kier molecular flexibility index (Phi) is 4.73. The van der Waals surface area contributed by atoms with Gasteiger partial charge in [0.15, 0.2) is 5.69 Å². The van der Waals surface area contributed by atoms with Gasteiger partial charge in [-0.2, -0.15) is 31.2 Å². The molecule has 3 aromatic rings. The SMILES string of the molecule is Cc1ccc(-c2c(C)c(C(F)(F)F)nn2NS(=O)(=O)c2ccccc2)cc1. The number of aryl methyl sites for hydroxylation is 1. The van der Waals surface area contributed by atoms with Crippen molar-refractivity contribution in [2.45, 2.75) is 24.9 Å². The molecule has 1 heterocycles. The van der Waals surface area contributed by atoms with Crippen molar-refractivity contribution in [3.8, 4) is 11.3 Å². The molecule has 0 radical (unpaired) electrons. The average Bonchev–Trinajstić information content (AvgIpc) is 2.92. The van der Waals surface area contributed by atoms with Gasteiger partial charge in [0.05, 0.1) is 10.6 Å². The lowest BCUT2D eigenvalue weighted by Gasteiger charge is -2.12. The number of sulfonamides is 1. The van der Waals surface area contributed by atoms with E-state index < -0.39 is 21.9 Å². The molecule has 0 saturated heterocycles. The number of halogens is 3. The lowest BCUT2D eigenvalue weighted by molar-refractivity contribution is -0.141. The zero-order chi connectivity index (χ0) is 19.8. The summed E-state index contributed by atoms with van der Waals surface area (Å²) >= 11 is 0. The number of aromatic nitrogens is 2. The van der Waals surface area contributed by atoms with E-state index in [9.17, 15) is 21.6 Å². The van der Waals surface area contributed by atoms with Crippen LogP contribution in [-0.4, -0.2) is 18.3 Å². The molecule has 0 bridgehead atoms. The Balaban J connectivity index is 2.16. The highest BCUT2D eigenvalue weighted by atomic mass is 32.2. The second-order valence-corrected chi connectivity index (χ2v) is 7.67. The molecule has 1 N–H and O–H groups in total. The highest BCUT2D eigenvalue weighted by Gasteiger charge is 2.38. The summed E-state index contributed by atoms with van der Waals surface area (Å²) in [5.41, 5.74) is 0.0537. The third-order valence-electron chi connectivity index (χ3n) is 3.98. The number of nitrogens with zero attached hydrogens (tertiary/aromatic N) is 2. The van der Waals surface area contributed by atoms with Gasteiger partial charge < -0.3 is 0 Å². The van der Waals surface area contributed by atoms with Crippen LogP contribution in [0, 0.1) is 13.8 Å². The predicted molar refractivity (Wildman–Crippen MR) is 95.1 cm³/mol. The predicted octanol–water partition coefficient (Wildman–Crippen LogP) is 4.12. The normalized spacial score (nSPS) is 12.2. The van der Waals surface area contributed by atoms with Crippen molar-refractivity contribution >= 4 is 10.0 Å². The summed E-state index contributed by atoms with van der Waals surface area (Å²) in [4.78, 5) is 2.72. The van der Waals surface area contributed by atoms with Gasteiger partial charge in [0.2, 0.25) is 0 Å². The molecule has 0 saturated carbocycles. The number of rotatable bonds is 4. The Morgan fingerprint density at radius 2 is 1.56 bits per heavy atom. The zero-order valence-electron chi connectivity index (χ0n) is 14.4. The van der Waals surface area contributed by atoms with Gasteiger partial charge in [-0.3, -0.25) is 0 Å². The van der Waals surface area contributed by atoms with Crippen LogP contribution in [0.1, 0.15) is 16.8 Å². The van der Waals surface area contributed by atoms with Crippen LogP contribution in [0.15, 0.2) is 59.5 Å². The summed E-state index contributed by atoms with van der Waals surface area (Å²) < 4.78 is 65.1. The third-order valence-corrected chi connectivity index (χ3v) is 5.28. The molecule has 3 rings (SSSR count). The fraction of sp³-hybridized carbons (Fsp3) is 0.167. The Morgan fingerprint density at radius 3 is 2.11 bits per heavy atom. The molecule has 9 heteroatoms. The van der Waals surface area contributed by atoms with Gasteiger partial charge in [-0.05, 0) is 26.0 Å². The number of hydrogen-bond donors (Lipinski definition) is 1. The van der Waals surface area contributed by atoms with E-state index in [1.807, 2.05) is 6.92 Å². The molecule has 0 aliphatic heterocycles. The van der Waals surface area contributed by atoms with Crippen molar-refractivity contribution in [1.29, 1.82) is 0 Å². The van der Waals surface area contributed by atoms with E-state index >= 15 is 0 Å². The molecule has 142 valence electrons. The quantitative estimate of drug-likeness (QED) is 0.723. The second kappa shape index (κ2) is 6.73. The van der Waals surface area contributed by atoms with Gasteiger partial charge in [-0.25, -0.2) is 0 Å². The van der Waals surface area contributed by atoms with Crippen LogP contribution >= 0.6 is 0 Å². The maximum Gasteiger partial charge on any atom is 0.435 e. The van der Waals surface area contributed by atoms with E-state index in [0.29, 0.717) is 10.4 Å². The molecule has 0 fully saturated rings. The van der Waals surface area contributed by atoms with E-state index in [0.717, 1.165) is 5.56 Å². The smallest absolute Gasteiger partial charge is 0.200 e. The van der Waals surface area contributed by atoms with Gasteiger partial charge in [0.25, 0.3) is 10.0 Å². The van der Waals surface area contributed by atoms with Crippen LogP contribution in [0.25, 0.3) is 11.3 Å². The van der Waals surface area contributed by atoms with Crippen LogP contribution in [0.5, 0.6) is 0 Å². The van der Waals surface area contributed by atoms with Crippen molar-refractivity contribution in [3.05, 3.63) is 71.4 Å². The number of alkyl halides is 3. The van der Waals surface area contributed by atoms with E-state index in [1.165, 1.54) is 31.2 Å². The molecule has 0 spiro atoms. The molecule has 0 amide bonds. The number of benzene rings is 2. The van der Waals surface area contributed by atoms with E-state index in [4.69, 9.17) is 0 Å². The lowest BCUT2D eigenvalue weighted by atomic mass is 10.1. The van der Waals surface area contributed by atoms with E-state index in [-0.39, 0.29) is 16.2 Å². The highest BCUT2D eigenvalue weighted by molar-refractivity contribution is 7.92. The molecule has 27 heavy (non-hydrogen) atoms. The van der Waals surface area contributed by atoms with Gasteiger partial charge in [0.1, 0.15) is 0 Å². The summed E-state index contributed by atoms with van der Waals surface area (Å²) in [6.07, 6.45) is -4.72. The third kappa shape index (κ3) is 3.82. The largest absolute Gasteiger partial charge is 0.435 e. The van der Waals surface area contributed by atoms with Crippen LogP contribution in [0.2, 0.25) is 0 Å². The first-order valence-electron chi connectivity index (χ1n) is 7.91. The van der Waals surface area contributed by atoms with Crippen LogP contribution < -0.4 is 4.83 Å². The Labute approximate surface area is 154 Å². The monoisotopic (exact) mass is 395 g/mol. The number of hydrogen-bond acceptors (Lipinski definition) is 3. The first-order chi connectivity index (χ1) is 12.6. The van der Waals surface area contributed by atoms with Gasteiger partial charge in [-0.15, -0.1) is 5.10 Å². The van der Waals surface area contributed by atoms with Crippen molar-refractivity contribution in [2.75, 3.05) is 4.83 Å². The fourth-order valence-corrected chi connectivity index (χ4v) is 3.63. The Bertz CT molecular complexity index is 1060. The summed E-state index contributed by atoms with van der Waals surface area (Å²) in [5.74, 6) is 0. The van der Waals surface area contributed by atoms with E-state index in [2.05, 4.69) is 9.93 Å². The second-order valence-electron chi connectivity index (χ2n) is 6.01. The minimum absolute atomic E-state index is 0.0295. The van der Waals surface area contributed by atoms with Crippen molar-refractivity contribution < 1.29 is 21.6 Å². The summed E-state index contributed by atoms with van der Waals surface area (Å²) in [6, 6.07) is 14.0. The molecule has 1 aromatic heterocycles. The van der Waals surface area contributed by atoms with Crippen molar-refractivity contribution in [3.63, 3.8) is 0 Å². The molecule has 2 aromatic carbocycles. The fourth-order valence-electron chi connectivity index (χ4n) is 2.65. The summed E-state index contributed by atoms with van der Waals surface area (Å²) in [5, 5.41) is 3.49. The van der Waals surface area contributed by atoms with Crippen LogP contribution in [-0.2, 0) is 16.2 Å². The molecular formula is C18H16F3N3O2S.